The number of amides is 2. The van der Waals surface area contributed by atoms with E-state index in [1.807, 2.05) is 23.6 Å². The first kappa shape index (κ1) is 18.0. The lowest BCUT2D eigenvalue weighted by atomic mass is 10.1. The molecule has 1 saturated heterocycles. The summed E-state index contributed by atoms with van der Waals surface area (Å²) in [5.74, 6) is -0.325. The number of likely N-dealkylation sites (N-methyl/N-ethyl adjacent to an activating group) is 1. The summed E-state index contributed by atoms with van der Waals surface area (Å²) in [6, 6.07) is 5.50. The van der Waals surface area contributed by atoms with E-state index in [1.54, 1.807) is 6.07 Å². The van der Waals surface area contributed by atoms with Crippen molar-refractivity contribution in [2.24, 2.45) is 4.99 Å². The minimum atomic E-state index is -0.815. The predicted octanol–water partition coefficient (Wildman–Crippen LogP) is 1.98. The molecule has 1 aliphatic heterocycles. The first-order chi connectivity index (χ1) is 12.3. The number of hydrogen-bond acceptors (Lipinski definition) is 5. The molecule has 0 bridgehead atoms. The molecule has 8 nitrogen and oxygen atoms in total. The number of oxazole rings is 1. The van der Waals surface area contributed by atoms with Gasteiger partial charge in [-0.05, 0) is 39.8 Å². The lowest BCUT2D eigenvalue weighted by Crippen LogP contribution is -2.35. The highest BCUT2D eigenvalue weighted by Crippen LogP contribution is 2.28. The standard InChI is InChI=1S/C18H24N4O4/c1-6-20-16-22(18(2,3)4)12-8-7-11(9-13(12)25-16)21-10-14(15(23)19-5)26-17(21)24/h7-9,14H,6,10H2,1-5H3,(H,19,23)/t14-/m1/s1. The Balaban J connectivity index is 2.05. The number of hydrogen-bond donors (Lipinski definition) is 1. The number of ether oxygens (including phenoxy) is 1. The third-order valence-electron chi connectivity index (χ3n) is 4.20. The highest BCUT2D eigenvalue weighted by atomic mass is 16.6. The van der Waals surface area contributed by atoms with Crippen LogP contribution in [0.3, 0.4) is 0 Å². The van der Waals surface area contributed by atoms with E-state index in [0.717, 1.165) is 5.52 Å². The van der Waals surface area contributed by atoms with Crippen LogP contribution < -0.4 is 15.9 Å². The van der Waals surface area contributed by atoms with Gasteiger partial charge in [-0.15, -0.1) is 0 Å². The molecular formula is C18H24N4O4. The Hall–Kier alpha value is -2.77. The number of anilines is 1. The first-order valence-corrected chi connectivity index (χ1v) is 8.62. The second-order valence-electron chi connectivity index (χ2n) is 7.11. The molecule has 2 aromatic rings. The van der Waals surface area contributed by atoms with E-state index < -0.39 is 12.2 Å². The molecule has 1 aliphatic rings. The summed E-state index contributed by atoms with van der Waals surface area (Å²) in [5.41, 5.74) is 2.47. The molecule has 0 unspecified atom stereocenters. The smallest absolute Gasteiger partial charge is 0.415 e. The first-order valence-electron chi connectivity index (χ1n) is 8.62. The van der Waals surface area contributed by atoms with Crippen molar-refractivity contribution in [3.05, 3.63) is 23.9 Å². The molecule has 1 fully saturated rings. The van der Waals surface area contributed by atoms with E-state index in [1.165, 1.54) is 11.9 Å². The van der Waals surface area contributed by atoms with E-state index in [4.69, 9.17) is 9.15 Å². The quantitative estimate of drug-likeness (QED) is 0.906. The molecule has 1 aromatic carbocycles. The van der Waals surface area contributed by atoms with Gasteiger partial charge < -0.3 is 14.5 Å². The maximum Gasteiger partial charge on any atom is 0.415 e. The van der Waals surface area contributed by atoms with Gasteiger partial charge in [0.2, 0.25) is 0 Å². The van der Waals surface area contributed by atoms with Gasteiger partial charge >= 0.3 is 6.09 Å². The number of nitrogens with zero attached hydrogens (tertiary/aromatic N) is 3. The number of benzene rings is 1. The normalized spacial score (nSPS) is 18.5. The number of fused-ring (bicyclic) bond motifs is 1. The van der Waals surface area contributed by atoms with Crippen LogP contribution in [0.1, 0.15) is 27.7 Å². The van der Waals surface area contributed by atoms with Crippen molar-refractivity contribution >= 4 is 28.8 Å². The zero-order chi connectivity index (χ0) is 19.1. The van der Waals surface area contributed by atoms with Gasteiger partial charge in [0.15, 0.2) is 11.7 Å². The minimum absolute atomic E-state index is 0.163. The number of carbonyl (C=O) groups is 2. The summed E-state index contributed by atoms with van der Waals surface area (Å²) in [4.78, 5) is 29.7. The maximum atomic E-state index is 12.1. The number of aromatic nitrogens is 1. The lowest BCUT2D eigenvalue weighted by molar-refractivity contribution is -0.127. The topological polar surface area (TPSA) is 89.1 Å². The molecule has 2 heterocycles. The Kier molecular flexibility index (Phi) is 4.52. The molecule has 3 rings (SSSR count). The number of carbonyl (C=O) groups excluding carboxylic acids is 2. The van der Waals surface area contributed by atoms with E-state index in [0.29, 0.717) is 23.5 Å². The van der Waals surface area contributed by atoms with Gasteiger partial charge in [-0.2, -0.15) is 0 Å². The van der Waals surface area contributed by atoms with Crippen LogP contribution in [0, 0.1) is 0 Å². The summed E-state index contributed by atoms with van der Waals surface area (Å²) < 4.78 is 13.1. The molecule has 26 heavy (non-hydrogen) atoms. The number of cyclic esters (lactones) is 1. The van der Waals surface area contributed by atoms with E-state index in [9.17, 15) is 9.59 Å². The molecule has 1 atom stereocenters. The summed E-state index contributed by atoms with van der Waals surface area (Å²) in [5, 5.41) is 2.49. The van der Waals surface area contributed by atoms with Crippen LogP contribution >= 0.6 is 0 Å². The molecule has 0 radical (unpaired) electrons. The SMILES string of the molecule is CCN=c1oc2cc(N3C[C@H](C(=O)NC)OC3=O)ccc2n1C(C)(C)C. The molecule has 0 saturated carbocycles. The van der Waals surface area contributed by atoms with Crippen molar-refractivity contribution in [2.75, 3.05) is 25.0 Å². The van der Waals surface area contributed by atoms with E-state index >= 15 is 0 Å². The third kappa shape index (κ3) is 3.07. The summed E-state index contributed by atoms with van der Waals surface area (Å²) >= 11 is 0. The number of rotatable bonds is 3. The van der Waals surface area contributed by atoms with Crippen LogP contribution in [0.4, 0.5) is 10.5 Å². The maximum absolute atomic E-state index is 12.1. The minimum Gasteiger partial charge on any atom is -0.434 e. The molecule has 8 heteroatoms. The molecule has 0 spiro atoms. The van der Waals surface area contributed by atoms with Crippen LogP contribution in [-0.4, -0.2) is 42.8 Å². The average Bonchev–Trinajstić information content (AvgIpc) is 3.13. The third-order valence-corrected chi connectivity index (χ3v) is 4.20. The largest absolute Gasteiger partial charge is 0.434 e. The van der Waals surface area contributed by atoms with Crippen molar-refractivity contribution in [3.8, 4) is 0 Å². The lowest BCUT2D eigenvalue weighted by Gasteiger charge is -2.21. The molecule has 1 N–H and O–H groups in total. The Bertz CT molecular complexity index is 919. The summed E-state index contributed by atoms with van der Waals surface area (Å²) in [6.07, 6.45) is -1.36. The second kappa shape index (κ2) is 6.51. The van der Waals surface area contributed by atoms with Crippen LogP contribution in [0.15, 0.2) is 27.6 Å². The average molecular weight is 360 g/mol. The van der Waals surface area contributed by atoms with Crippen molar-refractivity contribution < 1.29 is 18.7 Å². The van der Waals surface area contributed by atoms with Gasteiger partial charge in [0, 0.05) is 25.2 Å². The fraction of sp³-hybridized carbons (Fsp3) is 0.500. The van der Waals surface area contributed by atoms with Crippen LogP contribution in [0.25, 0.3) is 11.1 Å². The number of nitrogens with one attached hydrogen (secondary N) is 1. The highest BCUT2D eigenvalue weighted by Gasteiger charge is 2.36. The van der Waals surface area contributed by atoms with Crippen LogP contribution in [0.2, 0.25) is 0 Å². The molecular weight excluding hydrogens is 336 g/mol. The molecule has 2 amide bonds. The van der Waals surface area contributed by atoms with Crippen molar-refractivity contribution in [2.45, 2.75) is 39.3 Å². The Labute approximate surface area is 151 Å². The monoisotopic (exact) mass is 360 g/mol. The summed E-state index contributed by atoms with van der Waals surface area (Å²) in [7, 11) is 1.51. The summed E-state index contributed by atoms with van der Waals surface area (Å²) in [6.45, 7) is 8.96. The molecule has 1 aromatic heterocycles. The van der Waals surface area contributed by atoms with Crippen molar-refractivity contribution in [1.82, 2.24) is 9.88 Å². The molecule has 140 valence electrons. The Morgan fingerprint density at radius 3 is 2.73 bits per heavy atom. The van der Waals surface area contributed by atoms with Gasteiger partial charge in [-0.25, -0.2) is 9.79 Å². The van der Waals surface area contributed by atoms with Crippen LogP contribution in [0.5, 0.6) is 0 Å². The molecule has 0 aliphatic carbocycles. The van der Waals surface area contributed by atoms with Gasteiger partial charge in [0.25, 0.3) is 11.6 Å². The van der Waals surface area contributed by atoms with Gasteiger partial charge in [0.05, 0.1) is 17.7 Å². The van der Waals surface area contributed by atoms with Crippen molar-refractivity contribution in [3.63, 3.8) is 0 Å². The highest BCUT2D eigenvalue weighted by molar-refractivity contribution is 5.96. The fourth-order valence-electron chi connectivity index (χ4n) is 3.04. The predicted molar refractivity (Wildman–Crippen MR) is 97.0 cm³/mol. The van der Waals surface area contributed by atoms with Gasteiger partial charge in [-0.3, -0.25) is 14.3 Å². The zero-order valence-corrected chi connectivity index (χ0v) is 15.7. The zero-order valence-electron chi connectivity index (χ0n) is 15.7. The Morgan fingerprint density at radius 1 is 1.38 bits per heavy atom. The van der Waals surface area contributed by atoms with Gasteiger partial charge in [-0.1, -0.05) is 0 Å². The van der Waals surface area contributed by atoms with E-state index in [2.05, 4.69) is 31.1 Å². The van der Waals surface area contributed by atoms with E-state index in [-0.39, 0.29) is 18.0 Å². The second-order valence-corrected chi connectivity index (χ2v) is 7.11. The van der Waals surface area contributed by atoms with Crippen molar-refractivity contribution in [1.29, 1.82) is 0 Å². The fourth-order valence-corrected chi connectivity index (χ4v) is 3.04. The van der Waals surface area contributed by atoms with Crippen LogP contribution in [-0.2, 0) is 15.1 Å². The van der Waals surface area contributed by atoms with Gasteiger partial charge in [0.1, 0.15) is 0 Å². The Morgan fingerprint density at radius 2 is 2.12 bits per heavy atom.